The molecule has 3 aromatic rings. The number of fused-ring (bicyclic) bond motifs is 1. The summed E-state index contributed by atoms with van der Waals surface area (Å²) in [4.78, 5) is 16.5. The van der Waals surface area contributed by atoms with Gasteiger partial charge in [0.1, 0.15) is 17.3 Å². The quantitative estimate of drug-likeness (QED) is 0.719. The Hall–Kier alpha value is -3.02. The molecule has 0 saturated heterocycles. The maximum absolute atomic E-state index is 12.0. The lowest BCUT2D eigenvalue weighted by molar-refractivity contribution is -0.121. The number of nitrogens with one attached hydrogen (secondary N) is 1. The van der Waals surface area contributed by atoms with Crippen molar-refractivity contribution < 1.29 is 14.3 Å². The van der Waals surface area contributed by atoms with Gasteiger partial charge < -0.3 is 19.4 Å². The number of nitrogens with zero attached hydrogens (tertiary/aromatic N) is 2. The lowest BCUT2D eigenvalue weighted by Crippen LogP contribution is -2.25. The van der Waals surface area contributed by atoms with Crippen molar-refractivity contribution >= 4 is 16.9 Å². The van der Waals surface area contributed by atoms with E-state index in [-0.39, 0.29) is 12.3 Å². The van der Waals surface area contributed by atoms with Gasteiger partial charge in [0.05, 0.1) is 37.7 Å². The topological polar surface area (TPSA) is 65.4 Å². The Balaban J connectivity index is 1.48. The third-order valence-electron chi connectivity index (χ3n) is 3.96. The van der Waals surface area contributed by atoms with E-state index >= 15 is 0 Å². The Bertz CT molecular complexity index is 873. The first-order valence-electron chi connectivity index (χ1n) is 8.11. The number of rotatable bonds is 7. The second-order valence-electron chi connectivity index (χ2n) is 5.63. The van der Waals surface area contributed by atoms with E-state index in [2.05, 4.69) is 10.3 Å². The largest absolute Gasteiger partial charge is 0.497 e. The van der Waals surface area contributed by atoms with Gasteiger partial charge in [0, 0.05) is 13.1 Å². The Morgan fingerprint density at radius 1 is 1.16 bits per heavy atom. The van der Waals surface area contributed by atoms with Crippen LogP contribution in [0.1, 0.15) is 12.2 Å². The van der Waals surface area contributed by atoms with Crippen LogP contribution in [0.2, 0.25) is 0 Å². The molecule has 0 aliphatic carbocycles. The number of carbonyl (C=O) groups is 1. The fourth-order valence-corrected chi connectivity index (χ4v) is 2.57. The van der Waals surface area contributed by atoms with Crippen molar-refractivity contribution in [3.8, 4) is 11.5 Å². The Morgan fingerprint density at radius 3 is 2.76 bits per heavy atom. The molecule has 0 aliphatic rings. The van der Waals surface area contributed by atoms with E-state index in [9.17, 15) is 4.79 Å². The number of carbonyl (C=O) groups excluding carboxylic acids is 1. The average molecular weight is 339 g/mol. The summed E-state index contributed by atoms with van der Waals surface area (Å²) in [6.45, 7) is 0.699. The molecule has 0 spiro atoms. The van der Waals surface area contributed by atoms with Crippen LogP contribution in [0.5, 0.6) is 11.5 Å². The Labute approximate surface area is 146 Å². The van der Waals surface area contributed by atoms with Gasteiger partial charge in [0.25, 0.3) is 0 Å². The third kappa shape index (κ3) is 4.09. The molecule has 0 unspecified atom stereocenters. The highest BCUT2D eigenvalue weighted by Gasteiger charge is 2.09. The monoisotopic (exact) mass is 339 g/mol. The van der Waals surface area contributed by atoms with Crippen molar-refractivity contribution in [3.05, 3.63) is 54.4 Å². The van der Waals surface area contributed by atoms with Crippen molar-refractivity contribution in [2.45, 2.75) is 13.0 Å². The third-order valence-corrected chi connectivity index (χ3v) is 3.96. The highest BCUT2D eigenvalue weighted by molar-refractivity contribution is 5.77. The first-order chi connectivity index (χ1) is 12.2. The number of aromatic nitrogens is 2. The molecule has 1 N–H and O–H groups in total. The first-order valence-corrected chi connectivity index (χ1v) is 8.11. The molecule has 0 saturated carbocycles. The maximum Gasteiger partial charge on any atom is 0.223 e. The van der Waals surface area contributed by atoms with Gasteiger partial charge in [-0.05, 0) is 24.3 Å². The molecule has 1 heterocycles. The van der Waals surface area contributed by atoms with Gasteiger partial charge >= 0.3 is 0 Å². The molecule has 0 aliphatic heterocycles. The number of imidazole rings is 1. The molecule has 0 radical (unpaired) electrons. The van der Waals surface area contributed by atoms with Crippen LogP contribution >= 0.6 is 0 Å². The predicted octanol–water partition coefficient (Wildman–Crippen LogP) is 2.67. The summed E-state index contributed by atoms with van der Waals surface area (Å²) in [6.07, 6.45) is 0.279. The molecule has 1 aromatic heterocycles. The van der Waals surface area contributed by atoms with E-state index in [0.29, 0.717) is 18.9 Å². The van der Waals surface area contributed by atoms with Crippen LogP contribution in [0.15, 0.2) is 48.5 Å². The summed E-state index contributed by atoms with van der Waals surface area (Å²) in [5.41, 5.74) is 1.98. The molecule has 2 aromatic carbocycles. The molecule has 0 fully saturated rings. The summed E-state index contributed by atoms with van der Waals surface area (Å²) < 4.78 is 12.7. The van der Waals surface area contributed by atoms with E-state index in [1.807, 2.05) is 54.1 Å². The van der Waals surface area contributed by atoms with Crippen LogP contribution in [0.4, 0.5) is 0 Å². The van der Waals surface area contributed by atoms with Gasteiger partial charge in [-0.2, -0.15) is 0 Å². The highest BCUT2D eigenvalue weighted by Crippen LogP contribution is 2.19. The van der Waals surface area contributed by atoms with Crippen molar-refractivity contribution in [2.24, 2.45) is 7.05 Å². The number of aryl methyl sites for hydroxylation is 1. The zero-order valence-electron chi connectivity index (χ0n) is 14.4. The van der Waals surface area contributed by atoms with E-state index < -0.39 is 0 Å². The molecule has 0 bridgehead atoms. The van der Waals surface area contributed by atoms with E-state index in [0.717, 1.165) is 22.6 Å². The molecular formula is C19H21N3O3. The van der Waals surface area contributed by atoms with Gasteiger partial charge in [-0.1, -0.05) is 18.2 Å². The average Bonchev–Trinajstić information content (AvgIpc) is 2.96. The number of benzene rings is 2. The molecule has 6 heteroatoms. The standard InChI is InChI=1S/C19H21N3O3/c1-22-17-9-4-3-8-16(17)21-18(22)13-20-19(23)10-11-25-15-7-5-6-14(12-15)24-2/h3-9,12H,10-11,13H2,1-2H3,(H,20,23). The van der Waals surface area contributed by atoms with Crippen LogP contribution < -0.4 is 14.8 Å². The van der Waals surface area contributed by atoms with E-state index in [4.69, 9.17) is 9.47 Å². The Kier molecular flexibility index (Phi) is 5.18. The molecule has 130 valence electrons. The predicted molar refractivity (Wildman–Crippen MR) is 95.7 cm³/mol. The number of hydrogen-bond donors (Lipinski definition) is 1. The van der Waals surface area contributed by atoms with Crippen molar-refractivity contribution in [2.75, 3.05) is 13.7 Å². The van der Waals surface area contributed by atoms with Crippen LogP contribution in [0, 0.1) is 0 Å². The van der Waals surface area contributed by atoms with Crippen molar-refractivity contribution in [1.29, 1.82) is 0 Å². The second kappa shape index (κ2) is 7.70. The van der Waals surface area contributed by atoms with Crippen LogP contribution in [0.3, 0.4) is 0 Å². The minimum absolute atomic E-state index is 0.0741. The summed E-state index contributed by atoms with van der Waals surface area (Å²) in [7, 11) is 3.55. The normalized spacial score (nSPS) is 10.6. The number of amides is 1. The fraction of sp³-hybridized carbons (Fsp3) is 0.263. The lowest BCUT2D eigenvalue weighted by Gasteiger charge is -2.08. The van der Waals surface area contributed by atoms with Gasteiger partial charge in [-0.25, -0.2) is 4.98 Å². The molecule has 25 heavy (non-hydrogen) atoms. The zero-order valence-corrected chi connectivity index (χ0v) is 14.4. The van der Waals surface area contributed by atoms with Crippen molar-refractivity contribution in [1.82, 2.24) is 14.9 Å². The summed E-state index contributed by atoms with van der Waals surface area (Å²) in [6, 6.07) is 15.2. The summed E-state index contributed by atoms with van der Waals surface area (Å²) >= 11 is 0. The molecule has 1 amide bonds. The molecule has 6 nitrogen and oxygen atoms in total. The minimum Gasteiger partial charge on any atom is -0.497 e. The van der Waals surface area contributed by atoms with Crippen LogP contribution in [-0.4, -0.2) is 29.2 Å². The molecule has 3 rings (SSSR count). The Morgan fingerprint density at radius 2 is 1.96 bits per heavy atom. The van der Waals surface area contributed by atoms with Crippen molar-refractivity contribution in [3.63, 3.8) is 0 Å². The minimum atomic E-state index is -0.0741. The zero-order chi connectivity index (χ0) is 17.6. The smallest absolute Gasteiger partial charge is 0.223 e. The molecular weight excluding hydrogens is 318 g/mol. The lowest BCUT2D eigenvalue weighted by atomic mass is 10.3. The summed E-state index contributed by atoms with van der Waals surface area (Å²) in [5, 5.41) is 2.88. The van der Waals surface area contributed by atoms with Gasteiger partial charge in [0.2, 0.25) is 5.91 Å². The van der Waals surface area contributed by atoms with Crippen LogP contribution in [0.25, 0.3) is 11.0 Å². The van der Waals surface area contributed by atoms with Crippen LogP contribution in [-0.2, 0) is 18.4 Å². The summed E-state index contributed by atoms with van der Waals surface area (Å²) in [5.74, 6) is 2.16. The van der Waals surface area contributed by atoms with E-state index in [1.165, 1.54) is 0 Å². The number of para-hydroxylation sites is 2. The van der Waals surface area contributed by atoms with E-state index in [1.54, 1.807) is 13.2 Å². The first kappa shape index (κ1) is 16.8. The number of methoxy groups -OCH3 is 1. The fourth-order valence-electron chi connectivity index (χ4n) is 2.57. The van der Waals surface area contributed by atoms with Gasteiger partial charge in [-0.3, -0.25) is 4.79 Å². The number of ether oxygens (including phenoxy) is 2. The van der Waals surface area contributed by atoms with Gasteiger partial charge in [0.15, 0.2) is 0 Å². The number of hydrogen-bond acceptors (Lipinski definition) is 4. The van der Waals surface area contributed by atoms with Gasteiger partial charge in [-0.15, -0.1) is 0 Å². The second-order valence-corrected chi connectivity index (χ2v) is 5.63. The molecule has 0 atom stereocenters. The highest BCUT2D eigenvalue weighted by atomic mass is 16.5. The maximum atomic E-state index is 12.0. The SMILES string of the molecule is COc1cccc(OCCC(=O)NCc2nc3ccccc3n2C)c1.